The maximum atomic E-state index is 12.4. The predicted octanol–water partition coefficient (Wildman–Crippen LogP) is 2.67. The van der Waals surface area contributed by atoms with Gasteiger partial charge in [-0.3, -0.25) is 9.59 Å². The van der Waals surface area contributed by atoms with Crippen molar-refractivity contribution < 1.29 is 14.7 Å². The van der Waals surface area contributed by atoms with Crippen LogP contribution in [0.5, 0.6) is 0 Å². The minimum atomic E-state index is -0.843. The summed E-state index contributed by atoms with van der Waals surface area (Å²) in [5.41, 5.74) is 0.432. The smallest absolute Gasteiger partial charge is 0.308 e. The van der Waals surface area contributed by atoms with Crippen LogP contribution in [0.1, 0.15) is 30.1 Å². The van der Waals surface area contributed by atoms with Gasteiger partial charge >= 0.3 is 5.97 Å². The van der Waals surface area contributed by atoms with E-state index in [1.165, 1.54) is 0 Å². The first-order chi connectivity index (χ1) is 9.02. The molecule has 1 aromatic carbocycles. The summed E-state index contributed by atoms with van der Waals surface area (Å²) in [6.07, 6.45) is 1.32. The minimum Gasteiger partial charge on any atom is -0.481 e. The molecule has 2 rings (SSSR count). The molecule has 1 aliphatic rings. The van der Waals surface area contributed by atoms with Crippen molar-refractivity contribution in [3.8, 4) is 0 Å². The van der Waals surface area contributed by atoms with Crippen LogP contribution < -0.4 is 0 Å². The summed E-state index contributed by atoms with van der Waals surface area (Å²) in [4.78, 5) is 25.2. The number of piperidine rings is 1. The SMILES string of the molecule is C[C@@H]1[C@H](C(=O)O)CCCN1C(=O)c1ccccc1Cl. The number of benzene rings is 1. The third kappa shape index (κ3) is 2.73. The lowest BCUT2D eigenvalue weighted by Gasteiger charge is -2.37. The van der Waals surface area contributed by atoms with Gasteiger partial charge in [0.25, 0.3) is 5.91 Å². The third-order valence-electron chi connectivity index (χ3n) is 3.67. The van der Waals surface area contributed by atoms with E-state index in [0.29, 0.717) is 30.0 Å². The molecule has 102 valence electrons. The summed E-state index contributed by atoms with van der Waals surface area (Å²) in [5, 5.41) is 9.57. The van der Waals surface area contributed by atoms with Crippen molar-refractivity contribution in [1.29, 1.82) is 0 Å². The summed E-state index contributed by atoms with van der Waals surface area (Å²) < 4.78 is 0. The highest BCUT2D eigenvalue weighted by atomic mass is 35.5. The van der Waals surface area contributed by atoms with E-state index < -0.39 is 11.9 Å². The van der Waals surface area contributed by atoms with E-state index in [2.05, 4.69) is 0 Å². The van der Waals surface area contributed by atoms with E-state index in [9.17, 15) is 9.59 Å². The van der Waals surface area contributed by atoms with E-state index in [1.54, 1.807) is 36.1 Å². The zero-order chi connectivity index (χ0) is 14.0. The summed E-state index contributed by atoms with van der Waals surface area (Å²) in [6, 6.07) is 6.54. The molecule has 1 heterocycles. The standard InChI is InChI=1S/C14H16ClNO3/c1-9-10(14(18)19)6-4-8-16(9)13(17)11-5-2-3-7-12(11)15/h2-3,5,7,9-10H,4,6,8H2,1H3,(H,18,19)/t9-,10-/m1/s1. The first kappa shape index (κ1) is 13.9. The fraction of sp³-hybridized carbons (Fsp3) is 0.429. The molecule has 19 heavy (non-hydrogen) atoms. The van der Waals surface area contributed by atoms with Crippen molar-refractivity contribution in [2.24, 2.45) is 5.92 Å². The van der Waals surface area contributed by atoms with Crippen LogP contribution in [0.25, 0.3) is 0 Å². The number of hydrogen-bond donors (Lipinski definition) is 1. The zero-order valence-corrected chi connectivity index (χ0v) is 11.4. The largest absolute Gasteiger partial charge is 0.481 e. The Balaban J connectivity index is 2.24. The molecule has 0 aliphatic carbocycles. The molecule has 1 aliphatic heterocycles. The number of amides is 1. The lowest BCUT2D eigenvalue weighted by Crippen LogP contribution is -2.49. The number of carbonyl (C=O) groups excluding carboxylic acids is 1. The maximum Gasteiger partial charge on any atom is 0.308 e. The highest BCUT2D eigenvalue weighted by Crippen LogP contribution is 2.27. The van der Waals surface area contributed by atoms with Crippen LogP contribution in [0.4, 0.5) is 0 Å². The van der Waals surface area contributed by atoms with E-state index in [-0.39, 0.29) is 11.9 Å². The molecule has 1 fully saturated rings. The molecule has 1 aromatic rings. The van der Waals surface area contributed by atoms with Crippen LogP contribution >= 0.6 is 11.6 Å². The number of rotatable bonds is 2. The van der Waals surface area contributed by atoms with Crippen molar-refractivity contribution in [3.63, 3.8) is 0 Å². The summed E-state index contributed by atoms with van der Waals surface area (Å²) in [7, 11) is 0. The molecule has 0 aromatic heterocycles. The van der Waals surface area contributed by atoms with Gasteiger partial charge < -0.3 is 10.0 Å². The molecule has 1 amide bonds. The van der Waals surface area contributed by atoms with E-state index in [4.69, 9.17) is 16.7 Å². The second-order valence-corrected chi connectivity index (χ2v) is 5.21. The van der Waals surface area contributed by atoms with Crippen molar-refractivity contribution in [2.75, 3.05) is 6.54 Å². The number of carboxylic acids is 1. The minimum absolute atomic E-state index is 0.191. The second kappa shape index (κ2) is 5.61. The molecule has 0 saturated carbocycles. The maximum absolute atomic E-state index is 12.4. The van der Waals surface area contributed by atoms with Crippen LogP contribution in [-0.2, 0) is 4.79 Å². The number of aliphatic carboxylic acids is 1. The summed E-state index contributed by atoms with van der Waals surface area (Å²) in [6.45, 7) is 2.36. The molecule has 1 N–H and O–H groups in total. The zero-order valence-electron chi connectivity index (χ0n) is 10.7. The molecule has 0 bridgehead atoms. The Bertz CT molecular complexity index is 503. The molecule has 4 nitrogen and oxygen atoms in total. The van der Waals surface area contributed by atoms with Crippen LogP contribution in [0.3, 0.4) is 0 Å². The Hall–Kier alpha value is -1.55. The predicted molar refractivity (Wildman–Crippen MR) is 72.3 cm³/mol. The van der Waals surface area contributed by atoms with E-state index in [1.807, 2.05) is 0 Å². The highest BCUT2D eigenvalue weighted by molar-refractivity contribution is 6.33. The lowest BCUT2D eigenvalue weighted by atomic mass is 9.90. The Labute approximate surface area is 117 Å². The molecular weight excluding hydrogens is 266 g/mol. The van der Waals surface area contributed by atoms with Crippen molar-refractivity contribution in [2.45, 2.75) is 25.8 Å². The number of carboxylic acid groups (broad SMARTS) is 1. The Morgan fingerprint density at radius 3 is 2.68 bits per heavy atom. The van der Waals surface area contributed by atoms with Gasteiger partial charge in [-0.2, -0.15) is 0 Å². The van der Waals surface area contributed by atoms with Gasteiger partial charge in [0, 0.05) is 12.6 Å². The number of likely N-dealkylation sites (tertiary alicyclic amines) is 1. The number of carbonyl (C=O) groups is 2. The molecular formula is C14H16ClNO3. The second-order valence-electron chi connectivity index (χ2n) is 4.81. The summed E-state index contributed by atoms with van der Waals surface area (Å²) >= 11 is 6.02. The van der Waals surface area contributed by atoms with Crippen LogP contribution in [0.15, 0.2) is 24.3 Å². The number of nitrogens with zero attached hydrogens (tertiary/aromatic N) is 1. The quantitative estimate of drug-likeness (QED) is 0.907. The molecule has 0 radical (unpaired) electrons. The number of halogens is 1. The van der Waals surface area contributed by atoms with Crippen molar-refractivity contribution in [3.05, 3.63) is 34.9 Å². The van der Waals surface area contributed by atoms with Gasteiger partial charge in [-0.05, 0) is 31.9 Å². The van der Waals surface area contributed by atoms with Crippen molar-refractivity contribution in [1.82, 2.24) is 4.90 Å². The summed E-state index contributed by atoms with van der Waals surface area (Å²) in [5.74, 6) is -1.53. The van der Waals surface area contributed by atoms with Gasteiger partial charge in [0.15, 0.2) is 0 Å². The third-order valence-corrected chi connectivity index (χ3v) is 4.00. The van der Waals surface area contributed by atoms with Gasteiger partial charge in [-0.15, -0.1) is 0 Å². The van der Waals surface area contributed by atoms with Gasteiger partial charge in [-0.25, -0.2) is 0 Å². The van der Waals surface area contributed by atoms with Crippen LogP contribution in [0.2, 0.25) is 5.02 Å². The normalized spacial score (nSPS) is 23.2. The van der Waals surface area contributed by atoms with Crippen molar-refractivity contribution >= 4 is 23.5 Å². The molecule has 2 atom stereocenters. The highest BCUT2D eigenvalue weighted by Gasteiger charge is 2.35. The van der Waals surface area contributed by atoms with Gasteiger partial charge in [0.1, 0.15) is 0 Å². The Morgan fingerprint density at radius 2 is 2.05 bits per heavy atom. The van der Waals surface area contributed by atoms with Crippen LogP contribution in [-0.4, -0.2) is 34.5 Å². The number of hydrogen-bond acceptors (Lipinski definition) is 2. The first-order valence-corrected chi connectivity index (χ1v) is 6.68. The van der Waals surface area contributed by atoms with Gasteiger partial charge in [0.05, 0.1) is 16.5 Å². The monoisotopic (exact) mass is 281 g/mol. The fourth-order valence-corrected chi connectivity index (χ4v) is 2.77. The lowest BCUT2D eigenvalue weighted by molar-refractivity contribution is -0.144. The van der Waals surface area contributed by atoms with E-state index >= 15 is 0 Å². The topological polar surface area (TPSA) is 57.6 Å². The Morgan fingerprint density at radius 1 is 1.37 bits per heavy atom. The van der Waals surface area contributed by atoms with Gasteiger partial charge in [-0.1, -0.05) is 23.7 Å². The molecule has 0 spiro atoms. The van der Waals surface area contributed by atoms with Crippen LogP contribution in [0, 0.1) is 5.92 Å². The van der Waals surface area contributed by atoms with E-state index in [0.717, 1.165) is 0 Å². The fourth-order valence-electron chi connectivity index (χ4n) is 2.55. The molecule has 0 unspecified atom stereocenters. The molecule has 5 heteroatoms. The molecule has 1 saturated heterocycles. The van der Waals surface area contributed by atoms with Gasteiger partial charge in [0.2, 0.25) is 0 Å². The average Bonchev–Trinajstić information content (AvgIpc) is 2.38. The Kier molecular flexibility index (Phi) is 4.10. The average molecular weight is 282 g/mol. The first-order valence-electron chi connectivity index (χ1n) is 6.30.